The Morgan fingerprint density at radius 3 is 2.74 bits per heavy atom. The maximum atomic E-state index is 11.2. The van der Waals surface area contributed by atoms with Gasteiger partial charge in [0.1, 0.15) is 0 Å². The highest BCUT2D eigenvalue weighted by Crippen LogP contribution is 2.45. The fourth-order valence-electron chi connectivity index (χ4n) is 5.25. The molecule has 3 fully saturated rings. The topological polar surface area (TPSA) is 76.0 Å². The molecule has 154 valence electrons. The molecule has 0 radical (unpaired) electrons. The third-order valence-electron chi connectivity index (χ3n) is 6.84. The summed E-state index contributed by atoms with van der Waals surface area (Å²) in [5.41, 5.74) is 0. The summed E-state index contributed by atoms with van der Waals surface area (Å²) >= 11 is 0. The molecule has 1 unspecified atom stereocenters. The predicted molar refractivity (Wildman–Crippen MR) is 103 cm³/mol. The van der Waals surface area contributed by atoms with E-state index in [9.17, 15) is 15.0 Å². The van der Waals surface area contributed by atoms with Crippen molar-refractivity contribution >= 4 is 5.97 Å². The Hall–Kier alpha value is -0.910. The van der Waals surface area contributed by atoms with Crippen LogP contribution >= 0.6 is 0 Å². The summed E-state index contributed by atoms with van der Waals surface area (Å²) in [7, 11) is 1.42. The molecular formula is C22H36O5. The highest BCUT2D eigenvalue weighted by Gasteiger charge is 2.47. The highest BCUT2D eigenvalue weighted by molar-refractivity contribution is 5.68. The van der Waals surface area contributed by atoms with Gasteiger partial charge in [-0.3, -0.25) is 4.79 Å². The summed E-state index contributed by atoms with van der Waals surface area (Å²) < 4.78 is 10.8. The van der Waals surface area contributed by atoms with Gasteiger partial charge in [0.25, 0.3) is 0 Å². The maximum Gasteiger partial charge on any atom is 0.305 e. The van der Waals surface area contributed by atoms with Crippen molar-refractivity contribution in [1.82, 2.24) is 0 Å². The molecule has 2 N–H and O–H groups in total. The number of esters is 1. The van der Waals surface area contributed by atoms with Crippen LogP contribution in [0, 0.1) is 17.8 Å². The first kappa shape index (κ1) is 20.8. The number of carbonyl (C=O) groups excluding carboxylic acids is 1. The zero-order valence-electron chi connectivity index (χ0n) is 16.6. The molecular weight excluding hydrogens is 344 g/mol. The number of hydrogen-bond donors (Lipinski definition) is 2. The van der Waals surface area contributed by atoms with E-state index in [4.69, 9.17) is 4.74 Å². The minimum Gasteiger partial charge on any atom is -0.469 e. The molecule has 0 aromatic carbocycles. The molecule has 0 aromatic rings. The number of carbonyl (C=O) groups is 1. The molecule has 1 heterocycles. The van der Waals surface area contributed by atoms with Gasteiger partial charge >= 0.3 is 5.97 Å². The van der Waals surface area contributed by atoms with Crippen LogP contribution in [0.15, 0.2) is 12.2 Å². The molecule has 3 aliphatic rings. The third-order valence-corrected chi connectivity index (χ3v) is 6.84. The monoisotopic (exact) mass is 380 g/mol. The van der Waals surface area contributed by atoms with Crippen LogP contribution in [0.3, 0.4) is 0 Å². The SMILES string of the molecule is COC(=O)CCCCC1C[C@@H]2[C@@H](C=C[C@@H](O)C3CCCCC3)[C@H](O)C[C@H]2O1. The Labute approximate surface area is 163 Å². The van der Waals surface area contributed by atoms with Crippen LogP contribution in [0.1, 0.15) is 70.6 Å². The van der Waals surface area contributed by atoms with Gasteiger partial charge in [-0.15, -0.1) is 0 Å². The summed E-state index contributed by atoms with van der Waals surface area (Å²) in [5, 5.41) is 20.9. The largest absolute Gasteiger partial charge is 0.469 e. The van der Waals surface area contributed by atoms with Crippen molar-refractivity contribution in [2.24, 2.45) is 17.8 Å². The lowest BCUT2D eigenvalue weighted by atomic mass is 9.84. The van der Waals surface area contributed by atoms with Gasteiger partial charge in [-0.25, -0.2) is 0 Å². The molecule has 0 spiro atoms. The molecule has 0 bridgehead atoms. The van der Waals surface area contributed by atoms with Crippen LogP contribution in [0.4, 0.5) is 0 Å². The van der Waals surface area contributed by atoms with E-state index in [1.807, 2.05) is 6.08 Å². The Morgan fingerprint density at radius 1 is 1.22 bits per heavy atom. The third kappa shape index (κ3) is 5.55. The number of rotatable bonds is 8. The lowest BCUT2D eigenvalue weighted by Crippen LogP contribution is -2.23. The second-order valence-corrected chi connectivity index (χ2v) is 8.67. The number of aliphatic hydroxyl groups excluding tert-OH is 2. The molecule has 5 nitrogen and oxygen atoms in total. The number of aliphatic hydroxyl groups is 2. The quantitative estimate of drug-likeness (QED) is 0.384. The van der Waals surface area contributed by atoms with Gasteiger partial charge < -0.3 is 19.7 Å². The fraction of sp³-hybridized carbons (Fsp3) is 0.864. The fourth-order valence-corrected chi connectivity index (χ4v) is 5.25. The van der Waals surface area contributed by atoms with E-state index in [0.29, 0.717) is 24.7 Å². The number of fused-ring (bicyclic) bond motifs is 1. The van der Waals surface area contributed by atoms with Crippen molar-refractivity contribution in [3.63, 3.8) is 0 Å². The van der Waals surface area contributed by atoms with E-state index in [0.717, 1.165) is 38.5 Å². The van der Waals surface area contributed by atoms with Crippen LogP contribution in [-0.2, 0) is 14.3 Å². The van der Waals surface area contributed by atoms with Crippen LogP contribution in [-0.4, -0.2) is 47.7 Å². The number of hydrogen-bond acceptors (Lipinski definition) is 5. The molecule has 1 aliphatic heterocycles. The zero-order chi connectivity index (χ0) is 19.2. The van der Waals surface area contributed by atoms with Gasteiger partial charge in [-0.05, 0) is 43.9 Å². The Bertz CT molecular complexity index is 499. The van der Waals surface area contributed by atoms with Gasteiger partial charge in [0, 0.05) is 18.8 Å². The Kier molecular flexibility index (Phi) is 7.74. The molecule has 1 saturated heterocycles. The van der Waals surface area contributed by atoms with Gasteiger partial charge in [0.05, 0.1) is 31.5 Å². The van der Waals surface area contributed by atoms with E-state index in [1.54, 1.807) is 0 Å². The van der Waals surface area contributed by atoms with E-state index in [-0.39, 0.29) is 36.3 Å². The van der Waals surface area contributed by atoms with Crippen molar-refractivity contribution in [2.45, 2.75) is 95.0 Å². The van der Waals surface area contributed by atoms with Crippen LogP contribution in [0.25, 0.3) is 0 Å². The van der Waals surface area contributed by atoms with Crippen LogP contribution < -0.4 is 0 Å². The van der Waals surface area contributed by atoms with Crippen LogP contribution in [0.5, 0.6) is 0 Å². The second kappa shape index (κ2) is 10.0. The van der Waals surface area contributed by atoms with Crippen molar-refractivity contribution in [1.29, 1.82) is 0 Å². The summed E-state index contributed by atoms with van der Waals surface area (Å²) in [6.07, 6.45) is 14.5. The molecule has 3 rings (SSSR count). The average Bonchev–Trinajstić information content (AvgIpc) is 3.20. The van der Waals surface area contributed by atoms with Gasteiger partial charge in [0.2, 0.25) is 0 Å². The average molecular weight is 381 g/mol. The first-order chi connectivity index (χ1) is 13.1. The summed E-state index contributed by atoms with van der Waals surface area (Å²) in [6.45, 7) is 0. The summed E-state index contributed by atoms with van der Waals surface area (Å²) in [4.78, 5) is 11.2. The molecule has 5 heteroatoms. The van der Waals surface area contributed by atoms with Crippen molar-refractivity contribution in [3.05, 3.63) is 12.2 Å². The Morgan fingerprint density at radius 2 is 2.00 bits per heavy atom. The second-order valence-electron chi connectivity index (χ2n) is 8.67. The smallest absolute Gasteiger partial charge is 0.305 e. The minimum absolute atomic E-state index is 0.0910. The van der Waals surface area contributed by atoms with Crippen molar-refractivity contribution < 1.29 is 24.5 Å². The number of unbranched alkanes of at least 4 members (excludes halogenated alkanes) is 1. The number of ether oxygens (including phenoxy) is 2. The zero-order valence-corrected chi connectivity index (χ0v) is 16.6. The maximum absolute atomic E-state index is 11.2. The Balaban J connectivity index is 1.45. The summed E-state index contributed by atoms with van der Waals surface area (Å²) in [6, 6.07) is 0. The highest BCUT2D eigenvalue weighted by atomic mass is 16.5. The summed E-state index contributed by atoms with van der Waals surface area (Å²) in [5.74, 6) is 0.671. The van der Waals surface area contributed by atoms with Gasteiger partial charge in [-0.1, -0.05) is 37.8 Å². The van der Waals surface area contributed by atoms with Gasteiger partial charge in [0.15, 0.2) is 0 Å². The van der Waals surface area contributed by atoms with Crippen molar-refractivity contribution in [2.75, 3.05) is 7.11 Å². The standard InChI is InChI=1S/C22H36O5/c1-26-22(25)10-6-5-9-16-13-18-17(20(24)14-21(18)27-16)11-12-19(23)15-7-3-2-4-8-15/h11-12,15-21,23-24H,2-10,13-14H2,1H3/t16?,17-,18-,19-,20-,21-/m1/s1. The molecule has 27 heavy (non-hydrogen) atoms. The predicted octanol–water partition coefficient (Wildman–Crippen LogP) is 3.37. The van der Waals surface area contributed by atoms with E-state index in [2.05, 4.69) is 10.8 Å². The molecule has 2 aliphatic carbocycles. The molecule has 6 atom stereocenters. The van der Waals surface area contributed by atoms with E-state index >= 15 is 0 Å². The minimum atomic E-state index is -0.381. The first-order valence-electron chi connectivity index (χ1n) is 10.8. The number of methoxy groups -OCH3 is 1. The van der Waals surface area contributed by atoms with E-state index in [1.165, 1.54) is 26.4 Å². The lowest BCUT2D eigenvalue weighted by Gasteiger charge is -2.25. The van der Waals surface area contributed by atoms with E-state index < -0.39 is 0 Å². The molecule has 0 aromatic heterocycles. The van der Waals surface area contributed by atoms with Crippen LogP contribution in [0.2, 0.25) is 0 Å². The normalized spacial score (nSPS) is 35.4. The van der Waals surface area contributed by atoms with Crippen molar-refractivity contribution in [3.8, 4) is 0 Å². The molecule has 2 saturated carbocycles. The first-order valence-corrected chi connectivity index (χ1v) is 10.8. The molecule has 0 amide bonds. The van der Waals surface area contributed by atoms with Gasteiger partial charge in [-0.2, -0.15) is 0 Å². The lowest BCUT2D eigenvalue weighted by molar-refractivity contribution is -0.140.